The number of anilines is 1. The molecule has 0 aliphatic rings. The van der Waals surface area contributed by atoms with Gasteiger partial charge in [0.15, 0.2) is 0 Å². The van der Waals surface area contributed by atoms with Crippen LogP contribution < -0.4 is 5.32 Å². The van der Waals surface area contributed by atoms with Crippen molar-refractivity contribution in [2.45, 2.75) is 19.9 Å². The number of phenolic OH excluding ortho intramolecular Hbond substituents is 1. The van der Waals surface area contributed by atoms with Crippen LogP contribution in [0.3, 0.4) is 0 Å². The van der Waals surface area contributed by atoms with Gasteiger partial charge in [0.2, 0.25) is 0 Å². The molecular formula is C15H15ClINO. The summed E-state index contributed by atoms with van der Waals surface area (Å²) in [6.07, 6.45) is 0. The number of rotatable bonds is 3. The third-order valence-corrected chi connectivity index (χ3v) is 3.94. The molecule has 0 spiro atoms. The number of nitrogens with one attached hydrogen (secondary N) is 1. The minimum atomic E-state index is -0.0162. The van der Waals surface area contributed by atoms with E-state index in [0.717, 1.165) is 20.4 Å². The first-order valence-electron chi connectivity index (χ1n) is 5.98. The van der Waals surface area contributed by atoms with E-state index in [1.807, 2.05) is 44.2 Å². The van der Waals surface area contributed by atoms with Gasteiger partial charge in [-0.3, -0.25) is 0 Å². The Balaban J connectivity index is 2.25. The van der Waals surface area contributed by atoms with Crippen LogP contribution in [0.4, 0.5) is 5.69 Å². The van der Waals surface area contributed by atoms with E-state index in [2.05, 4.69) is 27.9 Å². The molecule has 100 valence electrons. The van der Waals surface area contributed by atoms with Gasteiger partial charge in [-0.1, -0.05) is 29.3 Å². The highest BCUT2D eigenvalue weighted by molar-refractivity contribution is 14.1. The van der Waals surface area contributed by atoms with Gasteiger partial charge in [0.05, 0.1) is 16.8 Å². The van der Waals surface area contributed by atoms with E-state index in [4.69, 9.17) is 11.6 Å². The van der Waals surface area contributed by atoms with Crippen molar-refractivity contribution in [3.63, 3.8) is 0 Å². The number of hydrogen-bond acceptors (Lipinski definition) is 2. The molecule has 2 aromatic carbocycles. The maximum Gasteiger partial charge on any atom is 0.120 e. The lowest BCUT2D eigenvalue weighted by molar-refractivity contribution is 0.465. The molecule has 0 saturated heterocycles. The van der Waals surface area contributed by atoms with E-state index < -0.39 is 0 Å². The predicted octanol–water partition coefficient (Wildman–Crippen LogP) is 5.13. The van der Waals surface area contributed by atoms with Crippen LogP contribution in [-0.4, -0.2) is 5.11 Å². The molecule has 0 aliphatic heterocycles. The maximum absolute atomic E-state index is 9.92. The Morgan fingerprint density at radius 1 is 1.21 bits per heavy atom. The van der Waals surface area contributed by atoms with Gasteiger partial charge in [-0.05, 0) is 60.7 Å². The molecule has 0 aliphatic carbocycles. The Bertz CT molecular complexity index is 601. The van der Waals surface area contributed by atoms with E-state index in [0.29, 0.717) is 10.8 Å². The van der Waals surface area contributed by atoms with Gasteiger partial charge in [0.25, 0.3) is 0 Å². The first-order valence-corrected chi connectivity index (χ1v) is 7.44. The van der Waals surface area contributed by atoms with Crippen molar-refractivity contribution < 1.29 is 5.11 Å². The largest absolute Gasteiger partial charge is 0.508 e. The second kappa shape index (κ2) is 6.01. The monoisotopic (exact) mass is 387 g/mol. The highest BCUT2D eigenvalue weighted by Crippen LogP contribution is 2.31. The molecular weight excluding hydrogens is 373 g/mol. The van der Waals surface area contributed by atoms with Crippen molar-refractivity contribution >= 4 is 39.9 Å². The fraction of sp³-hybridized carbons (Fsp3) is 0.200. The third kappa shape index (κ3) is 3.54. The van der Waals surface area contributed by atoms with E-state index in [-0.39, 0.29) is 6.04 Å². The first-order chi connectivity index (χ1) is 8.97. The number of halogens is 2. The van der Waals surface area contributed by atoms with Gasteiger partial charge in [0, 0.05) is 9.13 Å². The molecule has 0 heterocycles. The van der Waals surface area contributed by atoms with Crippen LogP contribution in [0.2, 0.25) is 5.02 Å². The third-order valence-electron chi connectivity index (χ3n) is 2.95. The molecule has 0 bridgehead atoms. The molecule has 1 unspecified atom stereocenters. The minimum absolute atomic E-state index is 0.0162. The molecule has 2 N–H and O–H groups in total. The van der Waals surface area contributed by atoms with Crippen molar-refractivity contribution in [1.29, 1.82) is 0 Å². The van der Waals surface area contributed by atoms with Gasteiger partial charge >= 0.3 is 0 Å². The van der Waals surface area contributed by atoms with Crippen LogP contribution in [0.15, 0.2) is 36.4 Å². The molecule has 0 radical (unpaired) electrons. The van der Waals surface area contributed by atoms with Gasteiger partial charge in [-0.25, -0.2) is 0 Å². The normalized spacial score (nSPS) is 12.2. The minimum Gasteiger partial charge on any atom is -0.508 e. The zero-order valence-electron chi connectivity index (χ0n) is 10.7. The summed E-state index contributed by atoms with van der Waals surface area (Å²) in [7, 11) is 0. The van der Waals surface area contributed by atoms with E-state index >= 15 is 0 Å². The Morgan fingerprint density at radius 2 is 1.95 bits per heavy atom. The molecule has 0 saturated carbocycles. The highest BCUT2D eigenvalue weighted by Gasteiger charge is 2.12. The van der Waals surface area contributed by atoms with E-state index in [1.54, 1.807) is 6.07 Å². The Labute approximate surface area is 131 Å². The summed E-state index contributed by atoms with van der Waals surface area (Å²) in [6.45, 7) is 4.01. The summed E-state index contributed by atoms with van der Waals surface area (Å²) in [6, 6.07) is 11.4. The van der Waals surface area contributed by atoms with Crippen LogP contribution in [0.5, 0.6) is 5.75 Å². The Kier molecular flexibility index (Phi) is 4.58. The van der Waals surface area contributed by atoms with E-state index in [9.17, 15) is 5.11 Å². The summed E-state index contributed by atoms with van der Waals surface area (Å²) in [4.78, 5) is 0. The van der Waals surface area contributed by atoms with E-state index in [1.165, 1.54) is 0 Å². The molecule has 19 heavy (non-hydrogen) atoms. The zero-order chi connectivity index (χ0) is 14.0. The molecule has 2 nitrogen and oxygen atoms in total. The smallest absolute Gasteiger partial charge is 0.120 e. The highest BCUT2D eigenvalue weighted by atomic mass is 127. The summed E-state index contributed by atoms with van der Waals surface area (Å²) in [5.41, 5.74) is 2.86. The van der Waals surface area contributed by atoms with Crippen molar-refractivity contribution in [1.82, 2.24) is 0 Å². The fourth-order valence-corrected chi connectivity index (χ4v) is 2.85. The van der Waals surface area contributed by atoms with Gasteiger partial charge in [-0.2, -0.15) is 0 Å². The predicted molar refractivity (Wildman–Crippen MR) is 89.1 cm³/mol. The Morgan fingerprint density at radius 3 is 2.63 bits per heavy atom. The number of hydrogen-bond donors (Lipinski definition) is 2. The summed E-state index contributed by atoms with van der Waals surface area (Å²) in [5, 5.41) is 13.9. The number of phenols is 1. The average Bonchev–Trinajstić information content (AvgIpc) is 2.35. The van der Waals surface area contributed by atoms with Crippen LogP contribution >= 0.6 is 34.2 Å². The maximum atomic E-state index is 9.92. The lowest BCUT2D eigenvalue weighted by Crippen LogP contribution is -2.07. The van der Waals surface area contributed by atoms with Crippen molar-refractivity contribution in [3.05, 3.63) is 56.1 Å². The average molecular weight is 388 g/mol. The molecule has 0 amide bonds. The Hall–Kier alpha value is -0.940. The second-order valence-corrected chi connectivity index (χ2v) is 6.21. The SMILES string of the molecule is Cc1ccc(O)c(C(C)Nc2ccc(I)cc2Cl)c1. The first kappa shape index (κ1) is 14.5. The van der Waals surface area contributed by atoms with Gasteiger partial charge in [0.1, 0.15) is 5.75 Å². The van der Waals surface area contributed by atoms with Gasteiger partial charge in [-0.15, -0.1) is 0 Å². The molecule has 2 aromatic rings. The fourth-order valence-electron chi connectivity index (χ4n) is 1.94. The summed E-state index contributed by atoms with van der Waals surface area (Å²) in [5.74, 6) is 0.298. The lowest BCUT2D eigenvalue weighted by Gasteiger charge is -2.18. The van der Waals surface area contributed by atoms with Crippen molar-refractivity contribution in [2.24, 2.45) is 0 Å². The number of aromatic hydroxyl groups is 1. The quantitative estimate of drug-likeness (QED) is 0.716. The second-order valence-electron chi connectivity index (χ2n) is 4.55. The van der Waals surface area contributed by atoms with Crippen LogP contribution in [0.25, 0.3) is 0 Å². The van der Waals surface area contributed by atoms with Crippen molar-refractivity contribution in [2.75, 3.05) is 5.32 Å². The molecule has 0 aromatic heterocycles. The molecule has 1 atom stereocenters. The molecule has 0 fully saturated rings. The summed E-state index contributed by atoms with van der Waals surface area (Å²) >= 11 is 8.43. The lowest BCUT2D eigenvalue weighted by atomic mass is 10.0. The van der Waals surface area contributed by atoms with Crippen molar-refractivity contribution in [3.8, 4) is 5.75 Å². The molecule has 2 rings (SSSR count). The van der Waals surface area contributed by atoms with Gasteiger partial charge < -0.3 is 10.4 Å². The molecule has 4 heteroatoms. The zero-order valence-corrected chi connectivity index (χ0v) is 13.7. The van der Waals surface area contributed by atoms with Crippen LogP contribution in [0, 0.1) is 10.5 Å². The topological polar surface area (TPSA) is 32.3 Å². The van der Waals surface area contributed by atoms with Crippen LogP contribution in [-0.2, 0) is 0 Å². The standard InChI is InChI=1S/C15H15ClINO/c1-9-3-6-15(19)12(7-9)10(2)18-14-5-4-11(17)8-13(14)16/h3-8,10,18-19H,1-2H3. The number of benzene rings is 2. The van der Waals surface area contributed by atoms with Crippen LogP contribution in [0.1, 0.15) is 24.1 Å². The summed E-state index contributed by atoms with van der Waals surface area (Å²) < 4.78 is 1.10. The number of aryl methyl sites for hydroxylation is 1.